The Morgan fingerprint density at radius 3 is 2.39 bits per heavy atom. The number of nitrogens with one attached hydrogen (secondary N) is 2. The molecule has 0 spiro atoms. The molecular formula is C23H19FN4O3. The van der Waals surface area contributed by atoms with Crippen LogP contribution in [0.15, 0.2) is 67.0 Å². The van der Waals surface area contributed by atoms with Crippen LogP contribution in [0.1, 0.15) is 10.4 Å². The van der Waals surface area contributed by atoms with Gasteiger partial charge in [0.25, 0.3) is 5.91 Å². The minimum atomic E-state index is -0.543. The molecule has 0 saturated heterocycles. The van der Waals surface area contributed by atoms with E-state index in [4.69, 9.17) is 9.47 Å². The Bertz CT molecular complexity index is 1250. The maximum atomic E-state index is 14.8. The van der Waals surface area contributed by atoms with Gasteiger partial charge in [0.15, 0.2) is 11.5 Å². The highest BCUT2D eigenvalue weighted by molar-refractivity contribution is 6.04. The first-order valence-corrected chi connectivity index (χ1v) is 9.38. The van der Waals surface area contributed by atoms with E-state index >= 15 is 0 Å². The van der Waals surface area contributed by atoms with Crippen molar-refractivity contribution in [1.82, 2.24) is 9.97 Å². The van der Waals surface area contributed by atoms with Gasteiger partial charge < -0.3 is 20.1 Å². The highest BCUT2D eigenvalue weighted by atomic mass is 19.1. The minimum absolute atomic E-state index is 0.201. The van der Waals surface area contributed by atoms with Gasteiger partial charge in [0, 0.05) is 22.7 Å². The summed E-state index contributed by atoms with van der Waals surface area (Å²) in [5.74, 6) is 0.587. The molecule has 0 aliphatic heterocycles. The fourth-order valence-corrected chi connectivity index (χ4v) is 3.10. The summed E-state index contributed by atoms with van der Waals surface area (Å²) in [6, 6.07) is 16.6. The van der Waals surface area contributed by atoms with Gasteiger partial charge in [0.1, 0.15) is 18.0 Å². The van der Waals surface area contributed by atoms with Gasteiger partial charge in [-0.3, -0.25) is 4.79 Å². The Balaban J connectivity index is 1.60. The molecule has 0 aliphatic carbocycles. The summed E-state index contributed by atoms with van der Waals surface area (Å²) < 4.78 is 25.4. The zero-order chi connectivity index (χ0) is 21.8. The van der Waals surface area contributed by atoms with Gasteiger partial charge in [-0.05, 0) is 36.4 Å². The van der Waals surface area contributed by atoms with Crippen LogP contribution in [0.3, 0.4) is 0 Å². The molecule has 8 heteroatoms. The lowest BCUT2D eigenvalue weighted by Crippen LogP contribution is -2.12. The molecular weight excluding hydrogens is 399 g/mol. The van der Waals surface area contributed by atoms with E-state index in [1.165, 1.54) is 32.7 Å². The van der Waals surface area contributed by atoms with Gasteiger partial charge in [0.2, 0.25) is 0 Å². The molecule has 31 heavy (non-hydrogen) atoms. The van der Waals surface area contributed by atoms with E-state index in [-0.39, 0.29) is 11.6 Å². The number of anilines is 3. The van der Waals surface area contributed by atoms with Crippen molar-refractivity contribution >= 4 is 34.0 Å². The van der Waals surface area contributed by atoms with Crippen molar-refractivity contribution in [2.75, 3.05) is 24.9 Å². The SMILES string of the molecule is COc1cc2ncnc(Nc3ccc(NC(=O)c4ccccc4)cc3F)c2cc1OC. The number of ether oxygens (including phenoxy) is 2. The van der Waals surface area contributed by atoms with E-state index in [1.807, 2.05) is 6.07 Å². The molecule has 0 aliphatic rings. The number of methoxy groups -OCH3 is 2. The maximum absolute atomic E-state index is 14.8. The van der Waals surface area contributed by atoms with Gasteiger partial charge >= 0.3 is 0 Å². The quantitative estimate of drug-likeness (QED) is 0.469. The van der Waals surface area contributed by atoms with Crippen LogP contribution in [-0.4, -0.2) is 30.1 Å². The number of hydrogen-bond donors (Lipinski definition) is 2. The lowest BCUT2D eigenvalue weighted by atomic mass is 10.2. The third-order valence-electron chi connectivity index (χ3n) is 4.66. The highest BCUT2D eigenvalue weighted by Gasteiger charge is 2.13. The van der Waals surface area contributed by atoms with Crippen molar-refractivity contribution in [3.05, 3.63) is 78.4 Å². The largest absolute Gasteiger partial charge is 0.493 e. The van der Waals surface area contributed by atoms with E-state index in [0.29, 0.717) is 39.5 Å². The molecule has 4 rings (SSSR count). The molecule has 4 aromatic rings. The fraction of sp³-hybridized carbons (Fsp3) is 0.0870. The average molecular weight is 418 g/mol. The smallest absolute Gasteiger partial charge is 0.255 e. The molecule has 3 aromatic carbocycles. The molecule has 2 N–H and O–H groups in total. The van der Waals surface area contributed by atoms with Crippen molar-refractivity contribution in [3.63, 3.8) is 0 Å². The van der Waals surface area contributed by atoms with Gasteiger partial charge in [0.05, 0.1) is 25.4 Å². The Morgan fingerprint density at radius 1 is 0.935 bits per heavy atom. The zero-order valence-corrected chi connectivity index (χ0v) is 16.8. The Hall–Kier alpha value is -4.20. The number of benzene rings is 3. The van der Waals surface area contributed by atoms with Crippen LogP contribution in [0.4, 0.5) is 21.6 Å². The number of nitrogens with zero attached hydrogens (tertiary/aromatic N) is 2. The second kappa shape index (κ2) is 8.66. The lowest BCUT2D eigenvalue weighted by Gasteiger charge is -2.13. The molecule has 156 valence electrons. The third-order valence-corrected chi connectivity index (χ3v) is 4.66. The van der Waals surface area contributed by atoms with E-state index in [1.54, 1.807) is 42.5 Å². The van der Waals surface area contributed by atoms with Crippen LogP contribution < -0.4 is 20.1 Å². The van der Waals surface area contributed by atoms with Gasteiger partial charge in [-0.2, -0.15) is 0 Å². The van der Waals surface area contributed by atoms with Crippen LogP contribution in [-0.2, 0) is 0 Å². The van der Waals surface area contributed by atoms with Gasteiger partial charge in [-0.25, -0.2) is 14.4 Å². The highest BCUT2D eigenvalue weighted by Crippen LogP contribution is 2.34. The zero-order valence-electron chi connectivity index (χ0n) is 16.8. The van der Waals surface area contributed by atoms with Crippen LogP contribution in [0.5, 0.6) is 11.5 Å². The van der Waals surface area contributed by atoms with Crippen LogP contribution >= 0.6 is 0 Å². The number of aromatic nitrogens is 2. The molecule has 0 bridgehead atoms. The summed E-state index contributed by atoms with van der Waals surface area (Å²) in [5, 5.41) is 6.31. The van der Waals surface area contributed by atoms with Crippen LogP contribution in [0.25, 0.3) is 10.9 Å². The van der Waals surface area contributed by atoms with Crippen LogP contribution in [0.2, 0.25) is 0 Å². The molecule has 0 fully saturated rings. The number of rotatable bonds is 6. The number of amides is 1. The minimum Gasteiger partial charge on any atom is -0.493 e. The van der Waals surface area contributed by atoms with E-state index < -0.39 is 5.82 Å². The first-order valence-electron chi connectivity index (χ1n) is 9.38. The molecule has 0 radical (unpaired) electrons. The molecule has 0 saturated carbocycles. The molecule has 0 unspecified atom stereocenters. The summed E-state index contributed by atoms with van der Waals surface area (Å²) in [7, 11) is 3.07. The lowest BCUT2D eigenvalue weighted by molar-refractivity contribution is 0.102. The predicted molar refractivity (Wildman–Crippen MR) is 117 cm³/mol. The number of carbonyl (C=O) groups is 1. The van der Waals surface area contributed by atoms with E-state index in [9.17, 15) is 9.18 Å². The first-order chi connectivity index (χ1) is 15.1. The molecule has 7 nitrogen and oxygen atoms in total. The molecule has 1 amide bonds. The number of fused-ring (bicyclic) bond motifs is 1. The summed E-state index contributed by atoms with van der Waals surface area (Å²) in [6.07, 6.45) is 1.38. The summed E-state index contributed by atoms with van der Waals surface area (Å²) in [4.78, 5) is 20.7. The Morgan fingerprint density at radius 2 is 1.68 bits per heavy atom. The third kappa shape index (κ3) is 4.23. The monoisotopic (exact) mass is 418 g/mol. The Labute approximate surface area is 177 Å². The maximum Gasteiger partial charge on any atom is 0.255 e. The summed E-state index contributed by atoms with van der Waals surface area (Å²) >= 11 is 0. The predicted octanol–water partition coefficient (Wildman–Crippen LogP) is 4.78. The van der Waals surface area contributed by atoms with Gasteiger partial charge in [-0.1, -0.05) is 18.2 Å². The van der Waals surface area contributed by atoms with Crippen molar-refractivity contribution in [3.8, 4) is 11.5 Å². The van der Waals surface area contributed by atoms with Crippen molar-refractivity contribution < 1.29 is 18.7 Å². The van der Waals surface area contributed by atoms with Crippen LogP contribution in [0, 0.1) is 5.82 Å². The molecule has 1 aromatic heterocycles. The first kappa shape index (κ1) is 20.1. The number of hydrogen-bond acceptors (Lipinski definition) is 6. The van der Waals surface area contributed by atoms with E-state index in [0.717, 1.165) is 0 Å². The summed E-state index contributed by atoms with van der Waals surface area (Å²) in [6.45, 7) is 0. The molecule has 0 atom stereocenters. The standard InChI is InChI=1S/C23H19FN4O3/c1-30-20-11-16-19(12-21(20)31-2)25-13-26-22(16)28-18-9-8-15(10-17(18)24)27-23(29)14-6-4-3-5-7-14/h3-13H,1-2H3,(H,27,29)(H,25,26,28). The number of halogens is 1. The average Bonchev–Trinajstić information content (AvgIpc) is 2.80. The summed E-state index contributed by atoms with van der Waals surface area (Å²) in [5.41, 5.74) is 1.65. The Kier molecular flexibility index (Phi) is 5.61. The van der Waals surface area contributed by atoms with E-state index in [2.05, 4.69) is 20.6 Å². The topological polar surface area (TPSA) is 85.4 Å². The molecule has 1 heterocycles. The normalized spacial score (nSPS) is 10.5. The second-order valence-corrected chi connectivity index (χ2v) is 6.59. The van der Waals surface area contributed by atoms with Gasteiger partial charge in [-0.15, -0.1) is 0 Å². The van der Waals surface area contributed by atoms with Crippen molar-refractivity contribution in [2.24, 2.45) is 0 Å². The fourth-order valence-electron chi connectivity index (χ4n) is 3.10. The van der Waals surface area contributed by atoms with Crippen molar-refractivity contribution in [1.29, 1.82) is 0 Å². The number of carbonyl (C=O) groups excluding carboxylic acids is 1. The van der Waals surface area contributed by atoms with Crippen molar-refractivity contribution in [2.45, 2.75) is 0 Å². The second-order valence-electron chi connectivity index (χ2n) is 6.59.